The molecule has 0 aromatic carbocycles. The topological polar surface area (TPSA) is 142 Å². The quantitative estimate of drug-likeness (QED) is 0.366. The summed E-state index contributed by atoms with van der Waals surface area (Å²) in [4.78, 5) is 24.0. The van der Waals surface area contributed by atoms with E-state index in [-0.39, 0.29) is 70.3 Å². The molecular weight excluding hydrogens is 455 g/mol. The van der Waals surface area contributed by atoms with E-state index >= 15 is 0 Å². The number of hydrogen-bond acceptors (Lipinski definition) is 8. The first-order chi connectivity index (χ1) is 14.1. The zero-order valence-electron chi connectivity index (χ0n) is 17.1. The molecule has 1 aliphatic rings. The van der Waals surface area contributed by atoms with Crippen molar-refractivity contribution in [3.05, 3.63) is 58.3 Å². The number of nitrogens with one attached hydrogen (secondary N) is 1. The Kier molecular flexibility index (Phi) is 10.4. The van der Waals surface area contributed by atoms with E-state index < -0.39 is 18.2 Å². The molecule has 0 aliphatic carbocycles. The molecule has 0 saturated heterocycles. The first-order valence-electron chi connectivity index (χ1n) is 8.46. The third kappa shape index (κ3) is 7.05. The number of rotatable bonds is 2. The molecule has 15 heteroatoms. The van der Waals surface area contributed by atoms with Crippen molar-refractivity contribution >= 4 is 23.2 Å². The van der Waals surface area contributed by atoms with Gasteiger partial charge >= 0.3 is 65.3 Å². The standard InChI is InChI=1S/C16H13F3N6O.CH2O3.2Na/c17-16(18,19)15-22-21-12-2-3-13(23-25(12)15)24-7-5-10(6-8-24)11-1-4-14(26)20-9-11;2-1(3)4;;/h1-5,9H,6-8H2,(H,20,26);(H2,2,3,4);;/q;;2*+1/p-2. The second-order valence-corrected chi connectivity index (χ2v) is 6.10. The van der Waals surface area contributed by atoms with Crippen LogP contribution in [0.3, 0.4) is 0 Å². The van der Waals surface area contributed by atoms with Gasteiger partial charge < -0.3 is 24.9 Å². The normalized spacial score (nSPS) is 13.2. The monoisotopic (exact) mass is 468 g/mol. The van der Waals surface area contributed by atoms with Crippen LogP contribution in [0, 0.1) is 0 Å². The Balaban J connectivity index is 0.000000790. The minimum absolute atomic E-state index is 0. The molecule has 158 valence electrons. The van der Waals surface area contributed by atoms with Gasteiger partial charge in [-0.05, 0) is 41.9 Å². The Morgan fingerprint density at radius 2 is 1.78 bits per heavy atom. The zero-order chi connectivity index (χ0) is 21.9. The molecule has 0 atom stereocenters. The van der Waals surface area contributed by atoms with Crippen LogP contribution in [-0.2, 0) is 6.18 Å². The summed E-state index contributed by atoms with van der Waals surface area (Å²) in [6, 6.07) is 6.30. The smallest absolute Gasteiger partial charge is 0.652 e. The molecule has 0 spiro atoms. The van der Waals surface area contributed by atoms with Crippen LogP contribution in [0.4, 0.5) is 23.8 Å². The summed E-state index contributed by atoms with van der Waals surface area (Å²) in [5, 5.41) is 27.4. The number of aromatic nitrogens is 5. The number of alkyl halides is 3. The van der Waals surface area contributed by atoms with Gasteiger partial charge in [-0.25, -0.2) is 0 Å². The maximum Gasteiger partial charge on any atom is 1.00 e. The maximum absolute atomic E-state index is 13.0. The minimum atomic E-state index is -4.62. The van der Waals surface area contributed by atoms with Crippen LogP contribution < -0.4 is 79.8 Å². The van der Waals surface area contributed by atoms with Gasteiger partial charge in [0.15, 0.2) is 5.65 Å². The Hall–Kier alpha value is -1.90. The number of aromatic amines is 1. The van der Waals surface area contributed by atoms with Gasteiger partial charge in [0.1, 0.15) is 5.82 Å². The van der Waals surface area contributed by atoms with Crippen LogP contribution in [0.2, 0.25) is 0 Å². The summed E-state index contributed by atoms with van der Waals surface area (Å²) >= 11 is 0. The molecule has 4 rings (SSSR count). The van der Waals surface area contributed by atoms with E-state index in [1.807, 2.05) is 11.0 Å². The summed E-state index contributed by atoms with van der Waals surface area (Å²) in [6.45, 7) is 1.09. The van der Waals surface area contributed by atoms with Crippen LogP contribution in [-0.4, -0.2) is 44.0 Å². The Morgan fingerprint density at radius 3 is 2.31 bits per heavy atom. The number of pyridine rings is 1. The molecule has 3 aromatic rings. The van der Waals surface area contributed by atoms with Gasteiger partial charge in [0.25, 0.3) is 5.82 Å². The van der Waals surface area contributed by atoms with Gasteiger partial charge in [-0.2, -0.15) is 17.7 Å². The molecule has 32 heavy (non-hydrogen) atoms. The van der Waals surface area contributed by atoms with E-state index in [0.717, 1.165) is 15.7 Å². The average Bonchev–Trinajstić information content (AvgIpc) is 3.12. The van der Waals surface area contributed by atoms with Crippen LogP contribution in [0.25, 0.3) is 11.2 Å². The van der Waals surface area contributed by atoms with Gasteiger partial charge in [-0.15, -0.1) is 15.3 Å². The van der Waals surface area contributed by atoms with Gasteiger partial charge in [0, 0.05) is 25.4 Å². The summed E-state index contributed by atoms with van der Waals surface area (Å²) < 4.78 is 39.7. The van der Waals surface area contributed by atoms with Crippen molar-refractivity contribution < 1.29 is 87.3 Å². The van der Waals surface area contributed by atoms with Gasteiger partial charge in [0.05, 0.1) is 0 Å². The fourth-order valence-corrected chi connectivity index (χ4v) is 2.87. The molecule has 0 bridgehead atoms. The first kappa shape index (κ1) is 28.1. The number of fused-ring (bicyclic) bond motifs is 1. The summed E-state index contributed by atoms with van der Waals surface area (Å²) in [7, 11) is 0. The van der Waals surface area contributed by atoms with E-state index in [1.165, 1.54) is 12.1 Å². The molecular formula is C17H13F3N6Na2O4. The van der Waals surface area contributed by atoms with E-state index in [4.69, 9.17) is 15.0 Å². The van der Waals surface area contributed by atoms with Crippen LogP contribution >= 0.6 is 0 Å². The third-order valence-corrected chi connectivity index (χ3v) is 4.19. The number of carbonyl (C=O) groups is 1. The molecule has 0 fully saturated rings. The molecule has 0 unspecified atom stereocenters. The van der Waals surface area contributed by atoms with Gasteiger partial charge in [0.2, 0.25) is 5.56 Å². The zero-order valence-corrected chi connectivity index (χ0v) is 21.1. The Bertz CT molecular complexity index is 1140. The Labute approximate surface area is 222 Å². The van der Waals surface area contributed by atoms with Crippen molar-refractivity contribution in [3.8, 4) is 0 Å². The first-order valence-corrected chi connectivity index (χ1v) is 8.46. The number of halogens is 3. The number of carbonyl (C=O) groups excluding carboxylic acids is 1. The van der Waals surface area contributed by atoms with Crippen molar-refractivity contribution in [1.82, 2.24) is 24.8 Å². The molecule has 10 nitrogen and oxygen atoms in total. The summed E-state index contributed by atoms with van der Waals surface area (Å²) in [5.74, 6) is -0.726. The molecule has 1 N–H and O–H groups in total. The summed E-state index contributed by atoms with van der Waals surface area (Å²) in [5.41, 5.74) is 1.87. The van der Waals surface area contributed by atoms with Crippen molar-refractivity contribution in [2.45, 2.75) is 12.6 Å². The van der Waals surface area contributed by atoms with Gasteiger partial charge in [-0.1, -0.05) is 6.08 Å². The minimum Gasteiger partial charge on any atom is -0.652 e. The molecule has 0 amide bonds. The fourth-order valence-electron chi connectivity index (χ4n) is 2.87. The van der Waals surface area contributed by atoms with E-state index in [0.29, 0.717) is 25.3 Å². The number of H-pyrrole nitrogens is 1. The van der Waals surface area contributed by atoms with Crippen LogP contribution in [0.5, 0.6) is 0 Å². The van der Waals surface area contributed by atoms with Gasteiger partial charge in [-0.3, -0.25) is 4.79 Å². The molecule has 3 aromatic heterocycles. The van der Waals surface area contributed by atoms with Crippen LogP contribution in [0.15, 0.2) is 41.3 Å². The molecule has 0 saturated carbocycles. The molecule has 1 aliphatic heterocycles. The van der Waals surface area contributed by atoms with Crippen molar-refractivity contribution in [3.63, 3.8) is 0 Å². The predicted molar refractivity (Wildman–Crippen MR) is 93.0 cm³/mol. The second kappa shape index (κ2) is 11.8. The average molecular weight is 468 g/mol. The molecule has 0 radical (unpaired) electrons. The van der Waals surface area contributed by atoms with E-state index in [1.54, 1.807) is 18.3 Å². The third-order valence-electron chi connectivity index (χ3n) is 4.19. The number of anilines is 1. The SMILES string of the molecule is O=C([O-])[O-].O=c1ccc(C2=CCN(c3ccc4nnc(C(F)(F)F)n4n3)CC2)c[nH]1.[Na+].[Na+]. The largest absolute Gasteiger partial charge is 1.00 e. The summed E-state index contributed by atoms with van der Waals surface area (Å²) in [6.07, 6.45) is -2.65. The maximum atomic E-state index is 13.0. The molecule has 4 heterocycles. The van der Waals surface area contributed by atoms with Crippen molar-refractivity contribution in [2.75, 3.05) is 18.0 Å². The van der Waals surface area contributed by atoms with E-state index in [9.17, 15) is 18.0 Å². The fraction of sp³-hybridized carbons (Fsp3) is 0.235. The van der Waals surface area contributed by atoms with Crippen molar-refractivity contribution in [1.29, 1.82) is 0 Å². The second-order valence-electron chi connectivity index (χ2n) is 6.10. The number of hydrogen-bond donors (Lipinski definition) is 1. The van der Waals surface area contributed by atoms with Crippen molar-refractivity contribution in [2.24, 2.45) is 0 Å². The van der Waals surface area contributed by atoms with Crippen LogP contribution in [0.1, 0.15) is 17.8 Å². The number of carboxylic acid groups (broad SMARTS) is 2. The number of nitrogens with zero attached hydrogens (tertiary/aromatic N) is 5. The van der Waals surface area contributed by atoms with E-state index in [2.05, 4.69) is 20.3 Å². The Morgan fingerprint density at radius 1 is 1.09 bits per heavy atom. The predicted octanol–water partition coefficient (Wildman–Crippen LogP) is -6.31.